The normalized spacial score (nSPS) is 23.9. The average molecular weight is 181 g/mol. The first-order chi connectivity index (χ1) is 6.09. The molecule has 1 heterocycles. The maximum Gasteiger partial charge on any atom is 0.316 e. The molecule has 1 saturated heterocycles. The minimum absolute atomic E-state index is 0.295. The van der Waals surface area contributed by atoms with Crippen LogP contribution in [0.25, 0.3) is 0 Å². The van der Waals surface area contributed by atoms with Crippen LogP contribution in [-0.2, 0) is 9.59 Å². The predicted molar refractivity (Wildman–Crippen MR) is 45.9 cm³/mol. The number of carbonyl (C=O) groups excluding carboxylic acids is 2. The van der Waals surface area contributed by atoms with Crippen LogP contribution in [-0.4, -0.2) is 24.3 Å². The summed E-state index contributed by atoms with van der Waals surface area (Å²) in [6, 6.07) is 0. The van der Waals surface area contributed by atoms with Crippen molar-refractivity contribution in [3.05, 3.63) is 0 Å². The van der Waals surface area contributed by atoms with Crippen LogP contribution in [0.1, 0.15) is 19.8 Å². The molecule has 5 heteroatoms. The Morgan fingerprint density at radius 2 is 1.85 bits per heavy atom. The zero-order chi connectivity index (χ0) is 9.47. The molecule has 0 unspecified atom stereocenters. The van der Waals surface area contributed by atoms with Crippen molar-refractivity contribution in [1.29, 1.82) is 0 Å². The number of rotatable bonds is 2. The highest BCUT2D eigenvalue weighted by molar-refractivity contribution is 6.45. The van der Waals surface area contributed by atoms with Gasteiger partial charge in [0.15, 0.2) is 0 Å². The fraction of sp³-hybridized carbons (Fsp3) is 0.625. The first-order valence-corrected chi connectivity index (χ1v) is 4.26. The van der Waals surface area contributed by atoms with E-state index in [9.17, 15) is 9.59 Å². The van der Waals surface area contributed by atoms with E-state index in [1.807, 2.05) is 0 Å². The highest BCUT2D eigenvalue weighted by atomic mass is 16.2. The van der Waals surface area contributed by atoms with Crippen LogP contribution in [0.3, 0.4) is 0 Å². The Labute approximate surface area is 75.6 Å². The number of amides is 2. The number of hydrogen-bond donors (Lipinski definition) is 2. The van der Waals surface area contributed by atoms with Gasteiger partial charge in [0.25, 0.3) is 0 Å². The number of aliphatic imine (C=N–C) groups is 1. The fourth-order valence-corrected chi connectivity index (χ4v) is 1.08. The smallest absolute Gasteiger partial charge is 0.288 e. The number of carbonyl (C=O) groups is 2. The van der Waals surface area contributed by atoms with Crippen molar-refractivity contribution >= 4 is 17.8 Å². The number of nitrogens with zero attached hydrogens (tertiary/aromatic N) is 1. The van der Waals surface area contributed by atoms with Crippen LogP contribution >= 0.6 is 0 Å². The molecule has 2 rings (SSSR count). The second-order valence-electron chi connectivity index (χ2n) is 3.88. The summed E-state index contributed by atoms with van der Waals surface area (Å²) in [5, 5.41) is 4.71. The van der Waals surface area contributed by atoms with Crippen molar-refractivity contribution in [2.45, 2.75) is 19.8 Å². The molecule has 0 atom stereocenters. The molecule has 5 nitrogen and oxygen atoms in total. The molecule has 0 radical (unpaired) electrons. The summed E-state index contributed by atoms with van der Waals surface area (Å²) in [7, 11) is 0. The van der Waals surface area contributed by atoms with Crippen LogP contribution in [0.5, 0.6) is 0 Å². The van der Waals surface area contributed by atoms with E-state index in [-0.39, 0.29) is 0 Å². The molecule has 1 aliphatic heterocycles. The minimum atomic E-state index is -0.625. The van der Waals surface area contributed by atoms with Gasteiger partial charge >= 0.3 is 11.8 Å². The second kappa shape index (κ2) is 2.55. The summed E-state index contributed by atoms with van der Waals surface area (Å²) in [5.41, 5.74) is 0.297. The summed E-state index contributed by atoms with van der Waals surface area (Å²) in [4.78, 5) is 25.6. The molecule has 2 N–H and O–H groups in total. The molecule has 0 bridgehead atoms. The van der Waals surface area contributed by atoms with Gasteiger partial charge < -0.3 is 0 Å². The maximum atomic E-state index is 10.7. The van der Waals surface area contributed by atoms with Crippen molar-refractivity contribution in [3.63, 3.8) is 0 Å². The van der Waals surface area contributed by atoms with E-state index in [4.69, 9.17) is 0 Å². The number of nitrogens with one attached hydrogen (secondary N) is 2. The second-order valence-corrected chi connectivity index (χ2v) is 3.88. The Morgan fingerprint density at radius 1 is 1.31 bits per heavy atom. The molecule has 2 aliphatic rings. The lowest BCUT2D eigenvalue weighted by molar-refractivity contribution is -0.135. The van der Waals surface area contributed by atoms with Crippen LogP contribution < -0.4 is 10.6 Å². The van der Waals surface area contributed by atoms with E-state index in [1.165, 1.54) is 12.8 Å². The first-order valence-electron chi connectivity index (χ1n) is 4.26. The molecular formula is C8H11N3O2. The van der Waals surface area contributed by atoms with Gasteiger partial charge in [-0.2, -0.15) is 0 Å². The third-order valence-corrected chi connectivity index (χ3v) is 2.39. The van der Waals surface area contributed by atoms with Gasteiger partial charge in [-0.25, -0.2) is 0 Å². The molecule has 2 amide bonds. The van der Waals surface area contributed by atoms with Crippen molar-refractivity contribution in [2.75, 3.05) is 6.54 Å². The Hall–Kier alpha value is -1.39. The zero-order valence-electron chi connectivity index (χ0n) is 7.39. The van der Waals surface area contributed by atoms with Crippen LogP contribution in [0, 0.1) is 5.41 Å². The van der Waals surface area contributed by atoms with E-state index in [0.29, 0.717) is 17.9 Å². The molecular weight excluding hydrogens is 170 g/mol. The fourth-order valence-electron chi connectivity index (χ4n) is 1.08. The number of hydrogen-bond acceptors (Lipinski definition) is 3. The number of guanidine groups is 1. The van der Waals surface area contributed by atoms with Crippen LogP contribution in [0.2, 0.25) is 0 Å². The summed E-state index contributed by atoms with van der Waals surface area (Å²) in [6.07, 6.45) is 2.34. The molecule has 0 aromatic carbocycles. The average Bonchev–Trinajstić information content (AvgIpc) is 2.72. The summed E-state index contributed by atoms with van der Waals surface area (Å²) in [5.74, 6) is -0.956. The summed E-state index contributed by atoms with van der Waals surface area (Å²) >= 11 is 0. The molecule has 2 fully saturated rings. The lowest BCUT2D eigenvalue weighted by Gasteiger charge is -2.02. The molecule has 70 valence electrons. The topological polar surface area (TPSA) is 70.6 Å². The highest BCUT2D eigenvalue weighted by Crippen LogP contribution is 2.44. The van der Waals surface area contributed by atoms with Gasteiger partial charge in [0.2, 0.25) is 5.96 Å². The third kappa shape index (κ3) is 1.68. The van der Waals surface area contributed by atoms with E-state index in [0.717, 1.165) is 0 Å². The Kier molecular flexibility index (Phi) is 1.61. The summed E-state index contributed by atoms with van der Waals surface area (Å²) in [6.45, 7) is 2.80. The monoisotopic (exact) mass is 181 g/mol. The van der Waals surface area contributed by atoms with Gasteiger partial charge in [-0.15, -0.1) is 0 Å². The molecule has 1 aliphatic carbocycles. The SMILES string of the molecule is CC1(CN=C2NC(=O)C(=O)N2)CC1. The molecule has 0 aromatic rings. The molecule has 0 spiro atoms. The Balaban J connectivity index is 1.95. The van der Waals surface area contributed by atoms with Crippen molar-refractivity contribution < 1.29 is 9.59 Å². The highest BCUT2D eigenvalue weighted by Gasteiger charge is 2.37. The van der Waals surface area contributed by atoms with Gasteiger partial charge in [-0.3, -0.25) is 25.2 Å². The Morgan fingerprint density at radius 3 is 2.31 bits per heavy atom. The largest absolute Gasteiger partial charge is 0.316 e. The lowest BCUT2D eigenvalue weighted by atomic mass is 10.1. The minimum Gasteiger partial charge on any atom is -0.288 e. The van der Waals surface area contributed by atoms with Crippen molar-refractivity contribution in [2.24, 2.45) is 10.4 Å². The Bertz CT molecular complexity index is 287. The quantitative estimate of drug-likeness (QED) is 0.558. The van der Waals surface area contributed by atoms with E-state index >= 15 is 0 Å². The third-order valence-electron chi connectivity index (χ3n) is 2.39. The molecule has 0 aromatic heterocycles. The van der Waals surface area contributed by atoms with Gasteiger partial charge in [-0.05, 0) is 18.3 Å². The van der Waals surface area contributed by atoms with E-state index < -0.39 is 11.8 Å². The van der Waals surface area contributed by atoms with Gasteiger partial charge in [-0.1, -0.05) is 6.92 Å². The standard InChI is InChI=1S/C8H11N3O2/c1-8(2-3-8)4-9-7-10-5(12)6(13)11-7/h2-4H2,1H3,(H2,9,10,11,12,13). The van der Waals surface area contributed by atoms with Crippen molar-refractivity contribution in [3.8, 4) is 0 Å². The lowest BCUT2D eigenvalue weighted by Crippen LogP contribution is -2.26. The van der Waals surface area contributed by atoms with Crippen molar-refractivity contribution in [1.82, 2.24) is 10.6 Å². The van der Waals surface area contributed by atoms with E-state index in [1.54, 1.807) is 0 Å². The van der Waals surface area contributed by atoms with Crippen LogP contribution in [0.4, 0.5) is 0 Å². The predicted octanol–water partition coefficient (Wildman–Crippen LogP) is -0.612. The van der Waals surface area contributed by atoms with Gasteiger partial charge in [0.05, 0.1) is 0 Å². The zero-order valence-corrected chi connectivity index (χ0v) is 7.39. The molecule has 1 saturated carbocycles. The van der Waals surface area contributed by atoms with Gasteiger partial charge in [0, 0.05) is 6.54 Å². The summed E-state index contributed by atoms with van der Waals surface area (Å²) < 4.78 is 0. The van der Waals surface area contributed by atoms with E-state index in [2.05, 4.69) is 22.5 Å². The first kappa shape index (κ1) is 8.22. The van der Waals surface area contributed by atoms with Gasteiger partial charge in [0.1, 0.15) is 0 Å². The molecule has 13 heavy (non-hydrogen) atoms. The van der Waals surface area contributed by atoms with Crippen LogP contribution in [0.15, 0.2) is 4.99 Å². The maximum absolute atomic E-state index is 10.7.